The highest BCUT2D eigenvalue weighted by Gasteiger charge is 2.48. The summed E-state index contributed by atoms with van der Waals surface area (Å²) in [5.74, 6) is 0.242. The highest BCUT2D eigenvalue weighted by atomic mass is 16.1. The molecule has 2 aliphatic rings. The van der Waals surface area contributed by atoms with Gasteiger partial charge >= 0.3 is 0 Å². The Morgan fingerprint density at radius 2 is 1.22 bits per heavy atom. The summed E-state index contributed by atoms with van der Waals surface area (Å²) in [6.07, 6.45) is 0.858. The lowest BCUT2D eigenvalue weighted by Crippen LogP contribution is -2.33. The third kappa shape index (κ3) is 2.52. The molecule has 0 amide bonds. The largest absolute Gasteiger partial charge is 0.365 e. The first-order valence-electron chi connectivity index (χ1n) is 9.46. The monoisotopic (exact) mass is 351 g/mol. The summed E-state index contributed by atoms with van der Waals surface area (Å²) in [5.41, 5.74) is 5.66. The number of rotatable bonds is 3. The van der Waals surface area contributed by atoms with Crippen molar-refractivity contribution >= 4 is 11.4 Å². The maximum absolute atomic E-state index is 12.8. The molecule has 27 heavy (non-hydrogen) atoms. The van der Waals surface area contributed by atoms with Crippen molar-refractivity contribution in [3.63, 3.8) is 0 Å². The number of nitrogens with zero attached hydrogens (tertiary/aromatic N) is 1. The van der Waals surface area contributed by atoms with Crippen LogP contribution >= 0.6 is 0 Å². The summed E-state index contributed by atoms with van der Waals surface area (Å²) < 4.78 is 0. The van der Waals surface area contributed by atoms with Gasteiger partial charge in [0.2, 0.25) is 0 Å². The van der Waals surface area contributed by atoms with E-state index < -0.39 is 0 Å². The Labute approximate surface area is 159 Å². The third-order valence-electron chi connectivity index (χ3n) is 5.93. The van der Waals surface area contributed by atoms with Gasteiger partial charge < -0.3 is 4.90 Å². The predicted molar refractivity (Wildman–Crippen MR) is 108 cm³/mol. The minimum atomic E-state index is -0.113. The van der Waals surface area contributed by atoms with E-state index >= 15 is 0 Å². The van der Waals surface area contributed by atoms with Crippen LogP contribution in [0, 0.1) is 0 Å². The van der Waals surface area contributed by atoms with Gasteiger partial charge in [-0.15, -0.1) is 0 Å². The molecular weight excluding hydrogens is 330 g/mol. The van der Waals surface area contributed by atoms with Crippen molar-refractivity contribution in [1.29, 1.82) is 0 Å². The lowest BCUT2D eigenvalue weighted by Gasteiger charge is -2.30. The first kappa shape index (κ1) is 16.1. The number of carbonyl (C=O) groups excluding carboxylic acids is 1. The molecule has 0 aliphatic carbocycles. The number of hydrogen-bond donors (Lipinski definition) is 0. The summed E-state index contributed by atoms with van der Waals surface area (Å²) in [5, 5.41) is 0. The lowest BCUT2D eigenvalue weighted by atomic mass is 9.73. The van der Waals surface area contributed by atoms with Gasteiger partial charge in [-0.05, 0) is 16.7 Å². The van der Waals surface area contributed by atoms with E-state index in [0.29, 0.717) is 6.54 Å². The van der Waals surface area contributed by atoms with Gasteiger partial charge in [-0.2, -0.15) is 0 Å². The fraction of sp³-hybridized carbons (Fsp3) is 0.160. The minimum Gasteiger partial charge on any atom is -0.365 e. The smallest absolute Gasteiger partial charge is 0.184 e. The Bertz CT molecular complexity index is 966. The van der Waals surface area contributed by atoms with E-state index in [1.165, 1.54) is 16.8 Å². The number of carbonyl (C=O) groups is 1. The normalized spacial score (nSPS) is 18.1. The summed E-state index contributed by atoms with van der Waals surface area (Å²) in [6.45, 7) is 1.33. The first-order chi connectivity index (χ1) is 13.3. The molecule has 3 aromatic rings. The van der Waals surface area contributed by atoms with Crippen LogP contribution in [0.5, 0.6) is 0 Å². The van der Waals surface area contributed by atoms with E-state index in [-0.39, 0.29) is 11.2 Å². The molecule has 0 unspecified atom stereocenters. The van der Waals surface area contributed by atoms with Crippen LogP contribution in [0.4, 0.5) is 0 Å². The fourth-order valence-corrected chi connectivity index (χ4v) is 4.69. The van der Waals surface area contributed by atoms with Crippen molar-refractivity contribution in [1.82, 2.24) is 4.90 Å². The van der Waals surface area contributed by atoms with E-state index in [9.17, 15) is 4.79 Å². The van der Waals surface area contributed by atoms with E-state index in [1.54, 1.807) is 0 Å². The quantitative estimate of drug-likeness (QED) is 0.683. The van der Waals surface area contributed by atoms with Crippen molar-refractivity contribution in [2.45, 2.75) is 11.8 Å². The van der Waals surface area contributed by atoms with Crippen LogP contribution in [-0.4, -0.2) is 23.8 Å². The molecule has 2 aliphatic heterocycles. The molecule has 0 N–H and O–H groups in total. The van der Waals surface area contributed by atoms with Gasteiger partial charge in [0.15, 0.2) is 5.78 Å². The van der Waals surface area contributed by atoms with Gasteiger partial charge in [0.25, 0.3) is 0 Å². The Balaban J connectivity index is 1.68. The average Bonchev–Trinajstić information content (AvgIpc) is 3.24. The van der Waals surface area contributed by atoms with Crippen molar-refractivity contribution in [3.05, 3.63) is 113 Å². The molecule has 2 nitrogen and oxygen atoms in total. The van der Waals surface area contributed by atoms with Gasteiger partial charge in [-0.1, -0.05) is 91.0 Å². The summed E-state index contributed by atoms with van der Waals surface area (Å²) in [6, 6.07) is 31.6. The van der Waals surface area contributed by atoms with Crippen LogP contribution in [-0.2, 0) is 10.2 Å². The highest BCUT2D eigenvalue weighted by molar-refractivity contribution is 6.24. The Morgan fingerprint density at radius 1 is 0.704 bits per heavy atom. The molecule has 1 fully saturated rings. The second-order valence-corrected chi connectivity index (χ2v) is 7.46. The third-order valence-corrected chi connectivity index (χ3v) is 5.93. The van der Waals surface area contributed by atoms with Crippen LogP contribution in [0.3, 0.4) is 0 Å². The zero-order chi connectivity index (χ0) is 18.3. The van der Waals surface area contributed by atoms with Gasteiger partial charge in [-0.3, -0.25) is 4.79 Å². The van der Waals surface area contributed by atoms with Crippen LogP contribution in [0.2, 0.25) is 0 Å². The molecule has 2 heteroatoms. The molecule has 0 saturated carbocycles. The standard InChI is InChI=1S/C25H21NO/c27-23-17-26-18-25(20-12-6-2-7-13-20,21-14-8-3-9-15-21)16-22(26)24(23)19-10-4-1-5-11-19/h1-15H,16-18H2. The first-order valence-corrected chi connectivity index (χ1v) is 9.46. The van der Waals surface area contributed by atoms with Crippen molar-refractivity contribution in [2.75, 3.05) is 13.1 Å². The zero-order valence-corrected chi connectivity index (χ0v) is 15.1. The molecule has 0 atom stereocenters. The molecule has 132 valence electrons. The number of benzene rings is 3. The summed E-state index contributed by atoms with van der Waals surface area (Å²) >= 11 is 0. The Morgan fingerprint density at radius 3 is 1.78 bits per heavy atom. The maximum Gasteiger partial charge on any atom is 0.184 e. The van der Waals surface area contributed by atoms with Gasteiger partial charge in [-0.25, -0.2) is 0 Å². The van der Waals surface area contributed by atoms with Crippen molar-refractivity contribution < 1.29 is 4.79 Å². The fourth-order valence-electron chi connectivity index (χ4n) is 4.69. The second-order valence-electron chi connectivity index (χ2n) is 7.46. The van der Waals surface area contributed by atoms with E-state index in [2.05, 4.69) is 77.7 Å². The van der Waals surface area contributed by atoms with Crippen molar-refractivity contribution in [3.8, 4) is 0 Å². The molecular formula is C25H21NO. The van der Waals surface area contributed by atoms with Crippen LogP contribution in [0.1, 0.15) is 23.1 Å². The predicted octanol–water partition coefficient (Wildman–Crippen LogP) is 4.67. The molecule has 5 rings (SSSR count). The lowest BCUT2D eigenvalue weighted by molar-refractivity contribution is -0.113. The number of Topliss-reactive ketones (excluding diaryl/α,β-unsaturated/α-hetero) is 1. The van der Waals surface area contributed by atoms with Crippen molar-refractivity contribution in [2.24, 2.45) is 0 Å². The number of hydrogen-bond acceptors (Lipinski definition) is 2. The van der Waals surface area contributed by atoms with E-state index in [4.69, 9.17) is 0 Å². The van der Waals surface area contributed by atoms with Crippen LogP contribution < -0.4 is 0 Å². The highest BCUT2D eigenvalue weighted by Crippen LogP contribution is 2.49. The summed E-state index contributed by atoms with van der Waals surface area (Å²) in [4.78, 5) is 15.1. The average molecular weight is 351 g/mol. The van der Waals surface area contributed by atoms with Crippen LogP contribution in [0.15, 0.2) is 96.7 Å². The molecule has 1 saturated heterocycles. The van der Waals surface area contributed by atoms with Gasteiger partial charge in [0.05, 0.1) is 6.54 Å². The second kappa shape index (κ2) is 6.24. The van der Waals surface area contributed by atoms with Gasteiger partial charge in [0, 0.05) is 29.7 Å². The topological polar surface area (TPSA) is 20.3 Å². The molecule has 3 aromatic carbocycles. The molecule has 0 bridgehead atoms. The molecule has 0 spiro atoms. The van der Waals surface area contributed by atoms with E-state index in [1.807, 2.05) is 18.2 Å². The zero-order valence-electron chi connectivity index (χ0n) is 15.1. The number of ketones is 1. The summed E-state index contributed by atoms with van der Waals surface area (Å²) in [7, 11) is 0. The molecule has 0 aromatic heterocycles. The maximum atomic E-state index is 12.8. The van der Waals surface area contributed by atoms with Crippen LogP contribution in [0.25, 0.3) is 5.57 Å². The SMILES string of the molecule is O=C1CN2CC(c3ccccc3)(c3ccccc3)CC2=C1c1ccccc1. The van der Waals surface area contributed by atoms with E-state index in [0.717, 1.165) is 24.1 Å². The molecule has 0 radical (unpaired) electrons. The number of fused-ring (bicyclic) bond motifs is 1. The van der Waals surface area contributed by atoms with Gasteiger partial charge in [0.1, 0.15) is 0 Å². The Hall–Kier alpha value is -3.13. The Kier molecular flexibility index (Phi) is 3.71. The minimum absolute atomic E-state index is 0.113. The number of allylic oxidation sites excluding steroid dienone is 1. The molecule has 2 heterocycles.